The Balaban J connectivity index is 2.89. The fraction of sp³-hybridized carbons (Fsp3) is 0.300. The van der Waals surface area contributed by atoms with E-state index in [0.29, 0.717) is 5.69 Å². The Labute approximate surface area is 105 Å². The number of nitrogens with one attached hydrogen (secondary N) is 1. The van der Waals surface area contributed by atoms with Gasteiger partial charge in [0.25, 0.3) is 0 Å². The van der Waals surface area contributed by atoms with Crippen LogP contribution in [0.2, 0.25) is 0 Å². The molecule has 8 heteroatoms. The van der Waals surface area contributed by atoms with Gasteiger partial charge in [-0.3, -0.25) is 4.79 Å². The van der Waals surface area contributed by atoms with Gasteiger partial charge in [-0.25, -0.2) is 13.6 Å². The normalized spacial score (nSPS) is 13.0. The van der Waals surface area contributed by atoms with Crippen molar-refractivity contribution in [2.24, 2.45) is 10.9 Å². The first kappa shape index (κ1) is 14.3. The van der Waals surface area contributed by atoms with Crippen molar-refractivity contribution >= 4 is 27.3 Å². The molecule has 0 aliphatic heterocycles. The molecule has 18 heavy (non-hydrogen) atoms. The average Bonchev–Trinajstić information content (AvgIpc) is 2.13. The second-order valence-electron chi connectivity index (χ2n) is 4.01. The zero-order chi connectivity index (χ0) is 13.9. The van der Waals surface area contributed by atoms with Crippen molar-refractivity contribution in [1.82, 2.24) is 0 Å². The predicted molar refractivity (Wildman–Crippen MR) is 69.1 cm³/mol. The van der Waals surface area contributed by atoms with Gasteiger partial charge in [0.1, 0.15) is 4.90 Å². The molecule has 0 radical (unpaired) electrons. The minimum Gasteiger partial charge on any atom is -0.398 e. The highest BCUT2D eigenvalue weighted by molar-refractivity contribution is 7.89. The summed E-state index contributed by atoms with van der Waals surface area (Å²) in [5, 5.41) is 7.96. The number of hydrogen-bond acceptors (Lipinski definition) is 5. The first-order chi connectivity index (χ1) is 8.20. The molecular weight excluding hydrogens is 256 g/mol. The van der Waals surface area contributed by atoms with Crippen LogP contribution in [0.4, 0.5) is 11.4 Å². The standard InChI is InChI=1S/C10H16N4O3S/c1-6(4-10(12)15)14-7-2-3-9(8(11)5-7)18(13,16)17/h2-3,5-6,14H,4,11H2,1H3,(H2,12,15)(H2,13,16,17). The third-order valence-electron chi connectivity index (χ3n) is 2.24. The Morgan fingerprint density at radius 2 is 2.06 bits per heavy atom. The van der Waals surface area contributed by atoms with Crippen LogP contribution in [0.15, 0.2) is 23.1 Å². The van der Waals surface area contributed by atoms with Gasteiger partial charge in [0.05, 0.1) is 5.69 Å². The number of primary sulfonamides is 1. The van der Waals surface area contributed by atoms with Gasteiger partial charge in [0, 0.05) is 18.2 Å². The summed E-state index contributed by atoms with van der Waals surface area (Å²) in [5.74, 6) is -0.427. The summed E-state index contributed by atoms with van der Waals surface area (Å²) in [5.41, 5.74) is 11.3. The van der Waals surface area contributed by atoms with E-state index in [2.05, 4.69) is 5.32 Å². The molecule has 0 fully saturated rings. The fourth-order valence-corrected chi connectivity index (χ4v) is 2.18. The molecule has 0 spiro atoms. The van der Waals surface area contributed by atoms with Gasteiger partial charge >= 0.3 is 0 Å². The molecule has 0 bridgehead atoms. The molecule has 1 amide bonds. The van der Waals surface area contributed by atoms with E-state index in [9.17, 15) is 13.2 Å². The number of nitrogen functional groups attached to an aromatic ring is 1. The topological polar surface area (TPSA) is 141 Å². The molecule has 0 heterocycles. The molecule has 100 valence electrons. The molecule has 7 N–H and O–H groups in total. The van der Waals surface area contributed by atoms with Crippen LogP contribution >= 0.6 is 0 Å². The number of hydrogen-bond donors (Lipinski definition) is 4. The number of rotatable bonds is 5. The summed E-state index contributed by atoms with van der Waals surface area (Å²) < 4.78 is 22.3. The lowest BCUT2D eigenvalue weighted by molar-refractivity contribution is -0.118. The minimum atomic E-state index is -3.82. The smallest absolute Gasteiger partial charge is 0.240 e. The monoisotopic (exact) mass is 272 g/mol. The van der Waals surface area contributed by atoms with Gasteiger partial charge in [0.2, 0.25) is 15.9 Å². The second kappa shape index (κ2) is 5.23. The van der Waals surface area contributed by atoms with E-state index < -0.39 is 15.9 Å². The Hall–Kier alpha value is -1.80. The number of amides is 1. The third-order valence-corrected chi connectivity index (χ3v) is 3.22. The maximum absolute atomic E-state index is 11.1. The molecule has 0 aliphatic rings. The summed E-state index contributed by atoms with van der Waals surface area (Å²) >= 11 is 0. The summed E-state index contributed by atoms with van der Waals surface area (Å²) in [4.78, 5) is 10.6. The van der Waals surface area contributed by atoms with Gasteiger partial charge in [0.15, 0.2) is 0 Å². The molecular formula is C10H16N4O3S. The number of carbonyl (C=O) groups is 1. The van der Waals surface area contributed by atoms with Crippen LogP contribution in [0.25, 0.3) is 0 Å². The molecule has 1 atom stereocenters. The molecule has 1 aromatic carbocycles. The van der Waals surface area contributed by atoms with Gasteiger partial charge in [-0.1, -0.05) is 0 Å². The van der Waals surface area contributed by atoms with Crippen molar-refractivity contribution in [3.05, 3.63) is 18.2 Å². The zero-order valence-electron chi connectivity index (χ0n) is 9.88. The lowest BCUT2D eigenvalue weighted by Gasteiger charge is -2.14. The van der Waals surface area contributed by atoms with E-state index in [1.165, 1.54) is 18.2 Å². The first-order valence-electron chi connectivity index (χ1n) is 5.17. The van der Waals surface area contributed by atoms with E-state index in [-0.39, 0.29) is 23.0 Å². The SMILES string of the molecule is CC(CC(N)=O)Nc1ccc(S(N)(=O)=O)c(N)c1. The Morgan fingerprint density at radius 3 is 2.50 bits per heavy atom. The van der Waals surface area contributed by atoms with Crippen molar-refractivity contribution in [3.63, 3.8) is 0 Å². The van der Waals surface area contributed by atoms with Gasteiger partial charge in [-0.2, -0.15) is 0 Å². The number of benzene rings is 1. The highest BCUT2D eigenvalue weighted by atomic mass is 32.2. The van der Waals surface area contributed by atoms with E-state index in [0.717, 1.165) is 0 Å². The summed E-state index contributed by atoms with van der Waals surface area (Å²) in [6.07, 6.45) is 0.164. The Morgan fingerprint density at radius 1 is 1.44 bits per heavy atom. The van der Waals surface area contributed by atoms with E-state index in [4.69, 9.17) is 16.6 Å². The van der Waals surface area contributed by atoms with Crippen LogP contribution in [0.5, 0.6) is 0 Å². The van der Waals surface area contributed by atoms with Crippen molar-refractivity contribution in [1.29, 1.82) is 0 Å². The van der Waals surface area contributed by atoms with E-state index >= 15 is 0 Å². The van der Waals surface area contributed by atoms with Crippen LogP contribution in [-0.2, 0) is 14.8 Å². The van der Waals surface area contributed by atoms with Crippen LogP contribution in [0.1, 0.15) is 13.3 Å². The van der Waals surface area contributed by atoms with Crippen LogP contribution < -0.4 is 21.9 Å². The van der Waals surface area contributed by atoms with Gasteiger partial charge < -0.3 is 16.8 Å². The minimum absolute atomic E-state index is 0.0498. The van der Waals surface area contributed by atoms with Crippen molar-refractivity contribution in [2.75, 3.05) is 11.1 Å². The van der Waals surface area contributed by atoms with E-state index in [1.54, 1.807) is 6.92 Å². The molecule has 7 nitrogen and oxygen atoms in total. The van der Waals surface area contributed by atoms with Crippen LogP contribution in [0, 0.1) is 0 Å². The zero-order valence-corrected chi connectivity index (χ0v) is 10.7. The Kier molecular flexibility index (Phi) is 4.15. The highest BCUT2D eigenvalue weighted by Crippen LogP contribution is 2.22. The lowest BCUT2D eigenvalue weighted by atomic mass is 10.2. The van der Waals surface area contributed by atoms with Gasteiger partial charge in [-0.05, 0) is 25.1 Å². The van der Waals surface area contributed by atoms with E-state index in [1.807, 2.05) is 0 Å². The summed E-state index contributed by atoms with van der Waals surface area (Å²) in [7, 11) is -3.82. The molecule has 1 aromatic rings. The Bertz CT molecular complexity index is 556. The van der Waals surface area contributed by atoms with Crippen molar-refractivity contribution in [3.8, 4) is 0 Å². The maximum Gasteiger partial charge on any atom is 0.240 e. The second-order valence-corrected chi connectivity index (χ2v) is 5.54. The number of carbonyl (C=O) groups excluding carboxylic acids is 1. The molecule has 0 aliphatic carbocycles. The van der Waals surface area contributed by atoms with Crippen molar-refractivity contribution in [2.45, 2.75) is 24.3 Å². The van der Waals surface area contributed by atoms with Gasteiger partial charge in [-0.15, -0.1) is 0 Å². The first-order valence-corrected chi connectivity index (χ1v) is 6.72. The molecule has 1 rings (SSSR count). The molecule has 1 unspecified atom stereocenters. The van der Waals surface area contributed by atoms with Crippen LogP contribution in [0.3, 0.4) is 0 Å². The molecule has 0 aromatic heterocycles. The average molecular weight is 272 g/mol. The number of nitrogens with two attached hydrogens (primary N) is 3. The van der Waals surface area contributed by atoms with Crippen LogP contribution in [-0.4, -0.2) is 20.4 Å². The molecule has 0 saturated heterocycles. The van der Waals surface area contributed by atoms with Crippen molar-refractivity contribution < 1.29 is 13.2 Å². The summed E-state index contributed by atoms with van der Waals surface area (Å²) in [6.45, 7) is 1.77. The maximum atomic E-state index is 11.1. The number of sulfonamides is 1. The predicted octanol–water partition coefficient (Wildman–Crippen LogP) is -0.408. The third kappa shape index (κ3) is 3.90. The summed E-state index contributed by atoms with van der Waals surface area (Å²) in [6, 6.07) is 4.09. The largest absolute Gasteiger partial charge is 0.398 e. The fourth-order valence-electron chi connectivity index (χ4n) is 1.53. The highest BCUT2D eigenvalue weighted by Gasteiger charge is 2.13. The number of anilines is 2. The lowest BCUT2D eigenvalue weighted by Crippen LogP contribution is -2.24. The molecule has 0 saturated carbocycles. The number of primary amides is 1. The quantitative estimate of drug-likeness (QED) is 0.539.